The largest absolute Gasteiger partial charge is 0.488 e. The summed E-state index contributed by atoms with van der Waals surface area (Å²) in [6, 6.07) is 6.15. The molecule has 0 radical (unpaired) electrons. The number of hydrogen-bond acceptors (Lipinski definition) is 5. The van der Waals surface area contributed by atoms with Crippen LogP contribution in [0.5, 0.6) is 5.75 Å². The van der Waals surface area contributed by atoms with E-state index in [2.05, 4.69) is 26.4 Å². The maximum Gasteiger partial charge on any atom is 0.211 e. The molecule has 0 bridgehead atoms. The van der Waals surface area contributed by atoms with E-state index in [4.69, 9.17) is 9.47 Å². The van der Waals surface area contributed by atoms with Gasteiger partial charge in [0, 0.05) is 31.6 Å². The van der Waals surface area contributed by atoms with Crippen molar-refractivity contribution in [3.05, 3.63) is 29.3 Å². The lowest BCUT2D eigenvalue weighted by atomic mass is 10.1. The maximum atomic E-state index is 11.5. The molecule has 2 rings (SSSR count). The van der Waals surface area contributed by atoms with Crippen LogP contribution in [0.25, 0.3) is 0 Å². The monoisotopic (exact) mass is 426 g/mol. The van der Waals surface area contributed by atoms with Crippen LogP contribution in [0.1, 0.15) is 37.8 Å². The molecule has 0 aliphatic carbocycles. The Bertz CT molecular complexity index is 762. The van der Waals surface area contributed by atoms with E-state index in [1.54, 1.807) is 6.92 Å². The summed E-state index contributed by atoms with van der Waals surface area (Å²) in [5.41, 5.74) is 2.17. The summed E-state index contributed by atoms with van der Waals surface area (Å²) in [4.78, 5) is 4.66. The number of hydrogen-bond donors (Lipinski definition) is 3. The van der Waals surface area contributed by atoms with Gasteiger partial charge in [-0.25, -0.2) is 18.1 Å². The van der Waals surface area contributed by atoms with Crippen LogP contribution < -0.4 is 20.1 Å². The molecular formula is C20H34N4O4S. The lowest BCUT2D eigenvalue weighted by molar-refractivity contribution is 0.140. The molecule has 0 amide bonds. The Morgan fingerprint density at radius 3 is 2.79 bits per heavy atom. The van der Waals surface area contributed by atoms with E-state index in [0.717, 1.165) is 36.4 Å². The van der Waals surface area contributed by atoms with Gasteiger partial charge >= 0.3 is 0 Å². The van der Waals surface area contributed by atoms with Crippen LogP contribution in [0.4, 0.5) is 0 Å². The third-order valence-electron chi connectivity index (χ3n) is 4.50. The van der Waals surface area contributed by atoms with Gasteiger partial charge in [0.1, 0.15) is 11.9 Å². The third kappa shape index (κ3) is 8.59. The number of ether oxygens (including phenoxy) is 2. The number of guanidine groups is 1. The first-order valence-electron chi connectivity index (χ1n) is 10.3. The molecular weight excluding hydrogens is 392 g/mol. The lowest BCUT2D eigenvalue weighted by Crippen LogP contribution is -2.38. The number of nitrogens with zero attached hydrogens (tertiary/aromatic N) is 1. The molecule has 0 spiro atoms. The zero-order valence-electron chi connectivity index (χ0n) is 17.7. The average Bonchev–Trinajstić information content (AvgIpc) is 3.20. The van der Waals surface area contributed by atoms with Crippen molar-refractivity contribution >= 4 is 16.0 Å². The van der Waals surface area contributed by atoms with Gasteiger partial charge < -0.3 is 20.1 Å². The van der Waals surface area contributed by atoms with Gasteiger partial charge in [0.05, 0.1) is 25.5 Å². The van der Waals surface area contributed by atoms with Crippen LogP contribution >= 0.6 is 0 Å². The third-order valence-corrected chi connectivity index (χ3v) is 5.91. The van der Waals surface area contributed by atoms with Crippen molar-refractivity contribution in [2.75, 3.05) is 38.6 Å². The molecule has 1 aromatic carbocycles. The van der Waals surface area contributed by atoms with Crippen molar-refractivity contribution in [2.24, 2.45) is 4.99 Å². The van der Waals surface area contributed by atoms with E-state index in [9.17, 15) is 8.42 Å². The molecule has 0 saturated carbocycles. The molecule has 1 fully saturated rings. The van der Waals surface area contributed by atoms with Crippen molar-refractivity contribution in [3.63, 3.8) is 0 Å². The van der Waals surface area contributed by atoms with Gasteiger partial charge in [-0.1, -0.05) is 12.1 Å². The Morgan fingerprint density at radius 2 is 2.10 bits per heavy atom. The summed E-state index contributed by atoms with van der Waals surface area (Å²) in [5.74, 6) is 1.65. The van der Waals surface area contributed by atoms with Crippen LogP contribution in [0.3, 0.4) is 0 Å². The van der Waals surface area contributed by atoms with Gasteiger partial charge in [0.2, 0.25) is 10.0 Å². The number of benzene rings is 1. The average molecular weight is 427 g/mol. The molecule has 3 N–H and O–H groups in total. The van der Waals surface area contributed by atoms with Gasteiger partial charge in [-0.3, -0.25) is 0 Å². The molecule has 1 heterocycles. The van der Waals surface area contributed by atoms with Gasteiger partial charge in [-0.05, 0) is 38.8 Å². The summed E-state index contributed by atoms with van der Waals surface area (Å²) < 4.78 is 37.0. The first-order valence-corrected chi connectivity index (χ1v) is 11.9. The highest BCUT2D eigenvalue weighted by atomic mass is 32.2. The smallest absolute Gasteiger partial charge is 0.211 e. The number of aliphatic imine (C=N–C) groups is 1. The van der Waals surface area contributed by atoms with E-state index < -0.39 is 10.0 Å². The maximum absolute atomic E-state index is 11.5. The van der Waals surface area contributed by atoms with Crippen molar-refractivity contribution in [1.29, 1.82) is 0 Å². The predicted molar refractivity (Wildman–Crippen MR) is 116 cm³/mol. The number of nitrogens with one attached hydrogen (secondary N) is 3. The highest BCUT2D eigenvalue weighted by Gasteiger charge is 2.18. The molecule has 1 aliphatic rings. The molecule has 1 unspecified atom stereocenters. The molecule has 1 atom stereocenters. The number of rotatable bonds is 11. The quantitative estimate of drug-likeness (QED) is 0.282. The minimum absolute atomic E-state index is 0.0952. The highest BCUT2D eigenvalue weighted by Crippen LogP contribution is 2.24. The van der Waals surface area contributed by atoms with Crippen LogP contribution in [-0.2, 0) is 21.3 Å². The molecule has 0 aromatic heterocycles. The molecule has 9 heteroatoms. The SMILES string of the molecule is CCNC(=NCc1ccc(C)cc1OC1CCOC1)NCCCNS(=O)(=O)CC. The zero-order valence-corrected chi connectivity index (χ0v) is 18.5. The van der Waals surface area contributed by atoms with Crippen LogP contribution in [0.15, 0.2) is 23.2 Å². The van der Waals surface area contributed by atoms with Crippen LogP contribution in [0.2, 0.25) is 0 Å². The molecule has 29 heavy (non-hydrogen) atoms. The second-order valence-electron chi connectivity index (χ2n) is 6.99. The second kappa shape index (κ2) is 12.0. The first kappa shape index (κ1) is 23.4. The van der Waals surface area contributed by atoms with Crippen LogP contribution in [0, 0.1) is 6.92 Å². The second-order valence-corrected chi connectivity index (χ2v) is 9.08. The Labute approximate surface area is 174 Å². The fraction of sp³-hybridized carbons (Fsp3) is 0.650. The van der Waals surface area contributed by atoms with E-state index in [1.165, 1.54) is 0 Å². The number of sulfonamides is 1. The minimum Gasteiger partial charge on any atom is -0.488 e. The summed E-state index contributed by atoms with van der Waals surface area (Å²) >= 11 is 0. The minimum atomic E-state index is -3.14. The van der Waals surface area contributed by atoms with E-state index in [-0.39, 0.29) is 11.9 Å². The Kier molecular flexibility index (Phi) is 9.69. The van der Waals surface area contributed by atoms with E-state index in [0.29, 0.717) is 38.6 Å². The Morgan fingerprint density at radius 1 is 1.28 bits per heavy atom. The standard InChI is InChI=1S/C20H34N4O4S/c1-4-21-20(22-10-6-11-24-29(25,26)5-2)23-14-17-8-7-16(3)13-19(17)28-18-9-12-27-15-18/h7-8,13,18,24H,4-6,9-12,14-15H2,1-3H3,(H2,21,22,23). The van der Waals surface area contributed by atoms with Gasteiger partial charge in [0.25, 0.3) is 0 Å². The first-order chi connectivity index (χ1) is 13.9. The zero-order chi connectivity index (χ0) is 21.1. The van der Waals surface area contributed by atoms with Crippen molar-refractivity contribution in [2.45, 2.75) is 46.3 Å². The molecule has 8 nitrogen and oxygen atoms in total. The molecule has 164 valence electrons. The van der Waals surface area contributed by atoms with E-state index in [1.807, 2.05) is 26.0 Å². The summed E-state index contributed by atoms with van der Waals surface area (Å²) in [5, 5.41) is 6.46. The molecule has 1 aliphatic heterocycles. The molecule has 1 aromatic rings. The Balaban J connectivity index is 1.91. The normalized spacial score (nSPS) is 17.3. The van der Waals surface area contributed by atoms with Gasteiger partial charge in [-0.15, -0.1) is 0 Å². The van der Waals surface area contributed by atoms with Gasteiger partial charge in [0.15, 0.2) is 5.96 Å². The summed E-state index contributed by atoms with van der Waals surface area (Å²) in [7, 11) is -3.14. The number of aryl methyl sites for hydroxylation is 1. The fourth-order valence-electron chi connectivity index (χ4n) is 2.82. The topological polar surface area (TPSA) is 101 Å². The lowest BCUT2D eigenvalue weighted by Gasteiger charge is -2.16. The summed E-state index contributed by atoms with van der Waals surface area (Å²) in [6.45, 7) is 9.30. The predicted octanol–water partition coefficient (Wildman–Crippen LogP) is 1.55. The fourth-order valence-corrected chi connectivity index (χ4v) is 3.48. The van der Waals surface area contributed by atoms with E-state index >= 15 is 0 Å². The highest BCUT2D eigenvalue weighted by molar-refractivity contribution is 7.89. The summed E-state index contributed by atoms with van der Waals surface area (Å²) in [6.07, 6.45) is 1.67. The Hall–Kier alpha value is -1.84. The van der Waals surface area contributed by atoms with Gasteiger partial charge in [-0.2, -0.15) is 0 Å². The molecule has 1 saturated heterocycles. The van der Waals surface area contributed by atoms with Crippen molar-refractivity contribution in [1.82, 2.24) is 15.4 Å². The van der Waals surface area contributed by atoms with Crippen molar-refractivity contribution in [3.8, 4) is 5.75 Å². The van der Waals surface area contributed by atoms with Crippen molar-refractivity contribution < 1.29 is 17.9 Å². The van der Waals surface area contributed by atoms with Crippen LogP contribution in [-0.4, -0.2) is 59.1 Å².